The Hall–Kier alpha value is -0.260. The molecule has 0 N–H and O–H groups in total. The lowest BCUT2D eigenvalue weighted by molar-refractivity contribution is -0.598. The van der Waals surface area contributed by atoms with Gasteiger partial charge >= 0.3 is 6.18 Å². The molecule has 16 atom stereocenters. The monoisotopic (exact) mass is 792 g/mol. The Morgan fingerprint density at radius 1 is 0.574 bits per heavy atom. The molecule has 0 amide bonds. The van der Waals surface area contributed by atoms with E-state index in [2.05, 4.69) is 20.8 Å². The minimum absolute atomic E-state index is 0.0217. The van der Waals surface area contributed by atoms with E-state index >= 15 is 13.2 Å². The summed E-state index contributed by atoms with van der Waals surface area (Å²) in [5, 5.41) is 0. The van der Waals surface area contributed by atoms with Crippen molar-refractivity contribution in [2.75, 3.05) is 24.7 Å². The molecule has 310 valence electrons. The van der Waals surface area contributed by atoms with Crippen molar-refractivity contribution in [2.45, 2.75) is 179 Å². The van der Waals surface area contributed by atoms with Gasteiger partial charge in [0.05, 0.1) is 13.2 Å². The van der Waals surface area contributed by atoms with Gasteiger partial charge in [-0.3, -0.25) is 0 Å². The van der Waals surface area contributed by atoms with Crippen molar-refractivity contribution in [1.29, 1.82) is 0 Å². The lowest BCUT2D eigenvalue weighted by Crippen LogP contribution is -2.76. The Bertz CT molecular complexity index is 1360. The number of rotatable bonds is 12. The standard InChI is InChI=1S/C40H63F3O10S/c1-24-12-14-30-26(3)36(7,48-32-37(30)28(24)16-18-34(5,46-32)50-52-37)44-20-8-10-22-54-23-11-9-21-45-39(40(41,42)43)27(4)31-15-13-25(2)29-17-19-35(6)47-33(49-39)38(29,31)53-51-35/h24-33H,8-23H2,1-7H3/t24-,25-,26-,27-,28+,29+,30+,31+,32+,33+,34+,35+,36+,37-,38-,39-/m1/s1. The van der Waals surface area contributed by atoms with Gasteiger partial charge in [-0.25, -0.2) is 19.6 Å². The van der Waals surface area contributed by atoms with Gasteiger partial charge in [-0.1, -0.05) is 27.7 Å². The summed E-state index contributed by atoms with van der Waals surface area (Å²) < 4.78 is 83.0. The summed E-state index contributed by atoms with van der Waals surface area (Å²) >= 11 is 1.81. The van der Waals surface area contributed by atoms with Gasteiger partial charge in [0.25, 0.3) is 5.79 Å². The molecule has 14 heteroatoms. The van der Waals surface area contributed by atoms with Crippen LogP contribution in [0.2, 0.25) is 0 Å². The van der Waals surface area contributed by atoms with Gasteiger partial charge in [0, 0.05) is 36.5 Å². The van der Waals surface area contributed by atoms with Crippen LogP contribution in [-0.4, -0.2) is 77.8 Å². The van der Waals surface area contributed by atoms with Crippen molar-refractivity contribution in [1.82, 2.24) is 0 Å². The summed E-state index contributed by atoms with van der Waals surface area (Å²) in [6, 6.07) is 0. The van der Waals surface area contributed by atoms with E-state index in [0.717, 1.165) is 69.3 Å². The largest absolute Gasteiger partial charge is 0.443 e. The van der Waals surface area contributed by atoms with Crippen molar-refractivity contribution in [3.05, 3.63) is 0 Å². The zero-order valence-electron chi connectivity index (χ0n) is 33.2. The van der Waals surface area contributed by atoms with E-state index in [1.807, 2.05) is 13.8 Å². The van der Waals surface area contributed by atoms with E-state index < -0.39 is 64.9 Å². The molecule has 8 aliphatic heterocycles. The molecule has 0 unspecified atom stereocenters. The summed E-state index contributed by atoms with van der Waals surface area (Å²) in [5.41, 5.74) is -1.70. The number of fused-ring (bicyclic) bond motifs is 4. The zero-order chi connectivity index (χ0) is 38.4. The average Bonchev–Trinajstić information content (AvgIpc) is 3.49. The van der Waals surface area contributed by atoms with Crippen LogP contribution in [0.1, 0.15) is 126 Å². The summed E-state index contributed by atoms with van der Waals surface area (Å²) in [6.07, 6.45) is 3.16. The number of ether oxygens (including phenoxy) is 6. The number of hydrogen-bond donors (Lipinski definition) is 0. The molecule has 2 aliphatic carbocycles. The Balaban J connectivity index is 0.788. The number of hydrogen-bond acceptors (Lipinski definition) is 11. The van der Waals surface area contributed by atoms with Crippen LogP contribution in [0.3, 0.4) is 0 Å². The molecule has 8 heterocycles. The highest BCUT2D eigenvalue weighted by Crippen LogP contribution is 2.65. The summed E-state index contributed by atoms with van der Waals surface area (Å²) in [5.74, 6) is -3.90. The molecular formula is C40H63F3O10S. The second-order valence-electron chi connectivity index (χ2n) is 18.5. The third-order valence-electron chi connectivity index (χ3n) is 15.3. The number of alkyl halides is 3. The smallest absolute Gasteiger partial charge is 0.350 e. The second kappa shape index (κ2) is 14.5. The maximum absolute atomic E-state index is 15.1. The minimum atomic E-state index is -4.75. The van der Waals surface area contributed by atoms with E-state index in [9.17, 15) is 0 Å². The highest BCUT2D eigenvalue weighted by Gasteiger charge is 2.77. The van der Waals surface area contributed by atoms with Crippen molar-refractivity contribution in [3.8, 4) is 0 Å². The van der Waals surface area contributed by atoms with E-state index in [4.69, 9.17) is 48.0 Å². The second-order valence-corrected chi connectivity index (χ2v) is 19.8. The molecule has 4 bridgehead atoms. The first-order chi connectivity index (χ1) is 25.5. The summed E-state index contributed by atoms with van der Waals surface area (Å²) in [4.78, 5) is 24.1. The third-order valence-corrected chi connectivity index (χ3v) is 16.4. The molecule has 2 spiro atoms. The van der Waals surface area contributed by atoms with Gasteiger partial charge < -0.3 is 28.4 Å². The Morgan fingerprint density at radius 2 is 1.07 bits per heavy atom. The molecule has 2 saturated carbocycles. The maximum Gasteiger partial charge on any atom is 0.443 e. The van der Waals surface area contributed by atoms with Crippen molar-refractivity contribution in [3.63, 3.8) is 0 Å². The van der Waals surface area contributed by atoms with Gasteiger partial charge in [0.2, 0.25) is 11.6 Å². The molecule has 8 saturated heterocycles. The molecule has 10 rings (SSSR count). The van der Waals surface area contributed by atoms with Crippen molar-refractivity contribution in [2.24, 2.45) is 47.3 Å². The predicted molar refractivity (Wildman–Crippen MR) is 191 cm³/mol. The molecule has 0 aromatic heterocycles. The Morgan fingerprint density at radius 3 is 1.61 bits per heavy atom. The lowest BCUT2D eigenvalue weighted by atomic mass is 9.57. The van der Waals surface area contributed by atoms with E-state index in [1.165, 1.54) is 0 Å². The van der Waals surface area contributed by atoms with Crippen LogP contribution in [-0.2, 0) is 48.0 Å². The van der Waals surface area contributed by atoms with Crippen LogP contribution in [0.4, 0.5) is 13.2 Å². The highest BCUT2D eigenvalue weighted by atomic mass is 32.2. The Labute approximate surface area is 323 Å². The number of unbranched alkanes of at least 4 members (excludes halogenated alkanes) is 2. The fraction of sp³-hybridized carbons (Fsp3) is 1.00. The van der Waals surface area contributed by atoms with Crippen LogP contribution in [0, 0.1) is 47.3 Å². The van der Waals surface area contributed by atoms with Gasteiger partial charge in [0.1, 0.15) is 0 Å². The Kier molecular flexibility index (Phi) is 10.9. The van der Waals surface area contributed by atoms with E-state index in [1.54, 1.807) is 25.6 Å². The predicted octanol–water partition coefficient (Wildman–Crippen LogP) is 9.05. The van der Waals surface area contributed by atoms with Gasteiger partial charge in [-0.2, -0.15) is 24.9 Å². The topological polar surface area (TPSA) is 92.3 Å². The van der Waals surface area contributed by atoms with Crippen LogP contribution in [0.5, 0.6) is 0 Å². The molecule has 0 radical (unpaired) electrons. The third kappa shape index (κ3) is 6.36. The fourth-order valence-corrected chi connectivity index (χ4v) is 13.0. The van der Waals surface area contributed by atoms with Gasteiger partial charge in [0.15, 0.2) is 29.6 Å². The van der Waals surface area contributed by atoms with Crippen LogP contribution in [0.25, 0.3) is 0 Å². The summed E-state index contributed by atoms with van der Waals surface area (Å²) in [7, 11) is 0. The van der Waals surface area contributed by atoms with Gasteiger partial charge in [-0.05, 0) is 120 Å². The molecular weight excluding hydrogens is 729 g/mol. The van der Waals surface area contributed by atoms with Crippen LogP contribution < -0.4 is 0 Å². The molecule has 54 heavy (non-hydrogen) atoms. The first kappa shape index (κ1) is 40.5. The quantitative estimate of drug-likeness (QED) is 0.140. The average molecular weight is 793 g/mol. The number of thioether (sulfide) groups is 1. The van der Waals surface area contributed by atoms with E-state index in [0.29, 0.717) is 37.7 Å². The van der Waals surface area contributed by atoms with Crippen molar-refractivity contribution >= 4 is 11.8 Å². The van der Waals surface area contributed by atoms with E-state index in [-0.39, 0.29) is 30.3 Å². The van der Waals surface area contributed by atoms with Crippen molar-refractivity contribution < 1.29 is 61.1 Å². The first-order valence-corrected chi connectivity index (χ1v) is 22.1. The number of halogens is 3. The van der Waals surface area contributed by atoms with Gasteiger partial charge in [-0.15, -0.1) is 0 Å². The first-order valence-electron chi connectivity index (χ1n) is 20.9. The fourth-order valence-electron chi connectivity index (χ4n) is 11.9. The molecule has 10 nitrogen and oxygen atoms in total. The normalized spacial score (nSPS) is 52.3. The highest BCUT2D eigenvalue weighted by molar-refractivity contribution is 7.99. The zero-order valence-corrected chi connectivity index (χ0v) is 34.0. The molecule has 0 aromatic rings. The SMILES string of the molecule is C[C@@H]1CC[C@H]2[C@@H](C)[C@@](C)(OCCCCSCCCCO[C@@]3(C(F)(F)F)O[C@@H]4O[C@]5(C)CC[C@H]6[C@H](C)CC[C@@H]([C@H]3C)[C@@]46OO5)O[C@@H]3O[C@]4(C)CC[C@@H]1[C@]32OO4. The molecule has 0 aromatic carbocycles. The minimum Gasteiger partial charge on any atom is -0.350 e. The lowest BCUT2D eigenvalue weighted by Gasteiger charge is -2.62. The summed E-state index contributed by atoms with van der Waals surface area (Å²) in [6.45, 7) is 14.5. The van der Waals surface area contributed by atoms with Crippen LogP contribution in [0.15, 0.2) is 0 Å². The van der Waals surface area contributed by atoms with Crippen LogP contribution >= 0.6 is 11.8 Å². The maximum atomic E-state index is 15.1. The molecule has 10 fully saturated rings. The molecule has 10 aliphatic rings.